The van der Waals surface area contributed by atoms with Crippen LogP contribution in [-0.4, -0.2) is 48.9 Å². The number of carbonyl (C=O) groups excluding carboxylic acids is 1. The van der Waals surface area contributed by atoms with Crippen LogP contribution in [0.2, 0.25) is 0 Å². The summed E-state index contributed by atoms with van der Waals surface area (Å²) in [5.74, 6) is -0.106. The fraction of sp³-hybridized carbons (Fsp3) is 0.429. The summed E-state index contributed by atoms with van der Waals surface area (Å²) in [7, 11) is -2.60. The number of rotatable bonds is 7. The van der Waals surface area contributed by atoms with Gasteiger partial charge in [0, 0.05) is 42.2 Å². The van der Waals surface area contributed by atoms with Crippen molar-refractivity contribution in [2.24, 2.45) is 0 Å². The van der Waals surface area contributed by atoms with E-state index >= 15 is 4.39 Å². The number of aromatic nitrogens is 4. The van der Waals surface area contributed by atoms with Crippen LogP contribution in [0, 0.1) is 5.82 Å². The minimum atomic E-state index is -2.60. The van der Waals surface area contributed by atoms with Gasteiger partial charge in [0.2, 0.25) is 5.95 Å². The highest BCUT2D eigenvalue weighted by molar-refractivity contribution is 7.39. The molecule has 2 amide bonds. The summed E-state index contributed by atoms with van der Waals surface area (Å²) in [6.07, 6.45) is 3.86. The summed E-state index contributed by atoms with van der Waals surface area (Å²) in [6, 6.07) is 1.16. The Morgan fingerprint density at radius 3 is 2.74 bits per heavy atom. The molecule has 1 aliphatic heterocycles. The molecule has 0 radical (unpaired) electrons. The van der Waals surface area contributed by atoms with Gasteiger partial charge in [-0.3, -0.25) is 9.84 Å². The molecule has 4 rings (SSSR count). The zero-order chi connectivity index (χ0) is 24.5. The molecule has 0 aliphatic carbocycles. The van der Waals surface area contributed by atoms with Crippen molar-refractivity contribution in [1.29, 1.82) is 0 Å². The fourth-order valence-corrected chi connectivity index (χ4v) is 4.35. The number of anilines is 1. The van der Waals surface area contributed by atoms with Crippen molar-refractivity contribution in [3.05, 3.63) is 35.7 Å². The molecule has 1 saturated heterocycles. The van der Waals surface area contributed by atoms with Gasteiger partial charge in [-0.1, -0.05) is 0 Å². The lowest BCUT2D eigenvalue weighted by molar-refractivity contribution is 0.0802. The SMILES string of the molecule is CCNC(=O)Nc1nc2c(C3CCCO3)c(F)c(-c3cnc(C(C)(C)OP(O)O)nc3)cc2[nH]1. The minimum Gasteiger partial charge on any atom is -0.373 e. The van der Waals surface area contributed by atoms with Gasteiger partial charge in [-0.25, -0.2) is 24.1 Å². The van der Waals surface area contributed by atoms with Gasteiger partial charge in [-0.05, 0) is 39.7 Å². The number of halogens is 1. The Kier molecular flexibility index (Phi) is 7.06. The molecule has 0 spiro atoms. The zero-order valence-corrected chi connectivity index (χ0v) is 19.8. The van der Waals surface area contributed by atoms with E-state index in [9.17, 15) is 14.6 Å². The van der Waals surface area contributed by atoms with Gasteiger partial charge in [0.15, 0.2) is 5.82 Å². The number of nitrogens with one attached hydrogen (secondary N) is 3. The van der Waals surface area contributed by atoms with Crippen molar-refractivity contribution in [2.45, 2.75) is 45.3 Å². The maximum atomic E-state index is 15.9. The first kappa shape index (κ1) is 24.4. The smallest absolute Gasteiger partial charge is 0.328 e. The number of aromatic amines is 1. The lowest BCUT2D eigenvalue weighted by Crippen LogP contribution is -2.28. The maximum Gasteiger partial charge on any atom is 0.328 e. The highest BCUT2D eigenvalue weighted by Gasteiger charge is 2.30. The molecule has 0 saturated carbocycles. The van der Waals surface area contributed by atoms with Gasteiger partial charge >= 0.3 is 14.6 Å². The zero-order valence-electron chi connectivity index (χ0n) is 18.9. The van der Waals surface area contributed by atoms with Crippen molar-refractivity contribution in [2.75, 3.05) is 18.5 Å². The molecule has 1 aliphatic rings. The van der Waals surface area contributed by atoms with Gasteiger partial charge in [0.05, 0.1) is 17.1 Å². The monoisotopic (exact) mass is 492 g/mol. The Morgan fingerprint density at radius 2 is 2.12 bits per heavy atom. The van der Waals surface area contributed by atoms with Crippen molar-refractivity contribution in [1.82, 2.24) is 25.3 Å². The Labute approximate surface area is 196 Å². The highest BCUT2D eigenvalue weighted by Crippen LogP contribution is 2.40. The van der Waals surface area contributed by atoms with Crippen molar-refractivity contribution < 1.29 is 28.2 Å². The van der Waals surface area contributed by atoms with Gasteiger partial charge in [-0.2, -0.15) is 0 Å². The fourth-order valence-electron chi connectivity index (χ4n) is 3.86. The third-order valence-corrected chi connectivity index (χ3v) is 6.00. The van der Waals surface area contributed by atoms with Crippen LogP contribution in [0.15, 0.2) is 18.5 Å². The first-order chi connectivity index (χ1) is 16.2. The molecule has 2 aromatic heterocycles. The number of hydrogen-bond donors (Lipinski definition) is 5. The van der Waals surface area contributed by atoms with Crippen LogP contribution in [0.1, 0.15) is 51.1 Å². The first-order valence-electron chi connectivity index (χ1n) is 10.8. The van der Waals surface area contributed by atoms with Crippen LogP contribution >= 0.6 is 8.60 Å². The summed E-state index contributed by atoms with van der Waals surface area (Å²) >= 11 is 0. The van der Waals surface area contributed by atoms with Gasteiger partial charge in [-0.15, -0.1) is 0 Å². The van der Waals surface area contributed by atoms with Crippen LogP contribution in [0.3, 0.4) is 0 Å². The molecule has 13 heteroatoms. The number of ether oxygens (including phenoxy) is 1. The van der Waals surface area contributed by atoms with Gasteiger partial charge < -0.3 is 24.8 Å². The maximum absolute atomic E-state index is 15.9. The molecule has 3 heterocycles. The molecule has 1 fully saturated rings. The second-order valence-electron chi connectivity index (χ2n) is 8.27. The number of carbonyl (C=O) groups is 1. The summed E-state index contributed by atoms with van der Waals surface area (Å²) < 4.78 is 26.7. The molecule has 1 unspecified atom stereocenters. The average molecular weight is 492 g/mol. The number of nitrogens with zero attached hydrogens (tertiary/aromatic N) is 3. The van der Waals surface area contributed by atoms with E-state index in [1.165, 1.54) is 12.4 Å². The standard InChI is InChI=1S/C21H26FN6O5P/c1-4-23-20(29)28-19-26-13-8-12(16(22)15(17(13)27-19)14-6-5-7-32-14)11-9-24-18(25-10-11)21(2,3)33-34(30)31/h8-10,14,30-31H,4-7H2,1-3H3,(H3,23,26,27,28,29). The highest BCUT2D eigenvalue weighted by atomic mass is 31.2. The van der Waals surface area contributed by atoms with Crippen LogP contribution in [0.25, 0.3) is 22.2 Å². The van der Waals surface area contributed by atoms with Crippen LogP contribution < -0.4 is 10.6 Å². The summed E-state index contributed by atoms with van der Waals surface area (Å²) in [6.45, 7) is 5.96. The molecule has 5 N–H and O–H groups in total. The number of imidazole rings is 1. The van der Waals surface area contributed by atoms with Crippen LogP contribution in [0.4, 0.5) is 15.1 Å². The minimum absolute atomic E-state index is 0.187. The molecule has 34 heavy (non-hydrogen) atoms. The van der Waals surface area contributed by atoms with Gasteiger partial charge in [0.1, 0.15) is 11.4 Å². The molecular weight excluding hydrogens is 466 g/mol. The number of fused-ring (bicyclic) bond motifs is 1. The molecule has 0 bridgehead atoms. The van der Waals surface area contributed by atoms with E-state index in [1.54, 1.807) is 26.8 Å². The molecular formula is C21H26FN6O5P. The normalized spacial score (nSPS) is 16.4. The van der Waals surface area contributed by atoms with E-state index in [2.05, 4.69) is 30.6 Å². The number of hydrogen-bond acceptors (Lipinski definition) is 8. The van der Waals surface area contributed by atoms with Crippen LogP contribution in [-0.2, 0) is 14.9 Å². The van der Waals surface area contributed by atoms with E-state index in [1.807, 2.05) is 0 Å². The second-order valence-corrected chi connectivity index (χ2v) is 8.96. The van der Waals surface area contributed by atoms with E-state index in [0.717, 1.165) is 6.42 Å². The average Bonchev–Trinajstić information content (AvgIpc) is 3.42. The van der Waals surface area contributed by atoms with Crippen LogP contribution in [0.5, 0.6) is 0 Å². The molecule has 182 valence electrons. The Bertz CT molecular complexity index is 1180. The van der Waals surface area contributed by atoms with E-state index in [-0.39, 0.29) is 17.3 Å². The molecule has 11 nitrogen and oxygen atoms in total. The summed E-state index contributed by atoms with van der Waals surface area (Å²) in [4.78, 5) is 46.2. The van der Waals surface area contributed by atoms with E-state index < -0.39 is 32.2 Å². The lowest BCUT2D eigenvalue weighted by Gasteiger charge is -2.23. The quantitative estimate of drug-likeness (QED) is 0.313. The predicted molar refractivity (Wildman–Crippen MR) is 123 cm³/mol. The van der Waals surface area contributed by atoms with Crippen molar-refractivity contribution in [3.8, 4) is 11.1 Å². The van der Waals surface area contributed by atoms with Gasteiger partial charge in [0.25, 0.3) is 0 Å². The predicted octanol–water partition coefficient (Wildman–Crippen LogP) is 3.62. The Morgan fingerprint density at radius 1 is 1.38 bits per heavy atom. The second kappa shape index (κ2) is 9.85. The molecule has 1 atom stereocenters. The summed E-state index contributed by atoms with van der Waals surface area (Å²) in [5, 5.41) is 5.23. The van der Waals surface area contributed by atoms with E-state index in [0.29, 0.717) is 41.7 Å². The first-order valence-corrected chi connectivity index (χ1v) is 11.9. The van der Waals surface area contributed by atoms with E-state index in [4.69, 9.17) is 9.26 Å². The number of benzene rings is 1. The summed E-state index contributed by atoms with van der Waals surface area (Å²) in [5.41, 5.74) is 0.703. The number of amides is 2. The largest absolute Gasteiger partial charge is 0.373 e. The molecule has 1 aromatic carbocycles. The molecule has 3 aromatic rings. The Balaban J connectivity index is 1.76. The third kappa shape index (κ3) is 5.01. The number of H-pyrrole nitrogens is 1. The van der Waals surface area contributed by atoms with Crippen molar-refractivity contribution >= 4 is 31.6 Å². The third-order valence-electron chi connectivity index (χ3n) is 5.38. The lowest BCUT2D eigenvalue weighted by atomic mass is 9.98. The topological polar surface area (TPSA) is 155 Å². The van der Waals surface area contributed by atoms with Crippen molar-refractivity contribution in [3.63, 3.8) is 0 Å². The number of urea groups is 1. The Hall–Kier alpha value is -2.76.